The van der Waals surface area contributed by atoms with E-state index in [-0.39, 0.29) is 30.2 Å². The molecule has 0 N–H and O–H groups in total. The van der Waals surface area contributed by atoms with Crippen molar-refractivity contribution in [1.29, 1.82) is 0 Å². The molecule has 0 saturated heterocycles. The third kappa shape index (κ3) is 3.60. The van der Waals surface area contributed by atoms with Gasteiger partial charge >= 0.3 is 5.97 Å². The van der Waals surface area contributed by atoms with Gasteiger partial charge in [0, 0.05) is 5.88 Å². The maximum Gasteiger partial charge on any atom is 0.311 e. The fraction of sp³-hybridized carbons (Fsp3) is 0.455. The molecule has 1 aromatic heterocycles. The molecule has 100 valence electrons. The zero-order chi connectivity index (χ0) is 13.7. The lowest BCUT2D eigenvalue weighted by Gasteiger charge is -2.09. The van der Waals surface area contributed by atoms with Gasteiger partial charge in [0.1, 0.15) is 0 Å². The highest BCUT2D eigenvalue weighted by Gasteiger charge is 2.21. The van der Waals surface area contributed by atoms with E-state index in [1.54, 1.807) is 6.92 Å². The Labute approximate surface area is 107 Å². The van der Waals surface area contributed by atoms with Crippen molar-refractivity contribution in [2.24, 2.45) is 0 Å². The topological polar surface area (TPSA) is 39.2 Å². The van der Waals surface area contributed by atoms with E-state index in [2.05, 4.69) is 9.72 Å². The molecule has 0 fully saturated rings. The van der Waals surface area contributed by atoms with Crippen molar-refractivity contribution in [3.63, 3.8) is 0 Å². The van der Waals surface area contributed by atoms with E-state index in [9.17, 15) is 18.0 Å². The fourth-order valence-electron chi connectivity index (χ4n) is 1.42. The van der Waals surface area contributed by atoms with Gasteiger partial charge in [0.15, 0.2) is 0 Å². The van der Waals surface area contributed by atoms with Crippen molar-refractivity contribution in [3.8, 4) is 0 Å². The van der Waals surface area contributed by atoms with Crippen LogP contribution in [0.4, 0.5) is 13.2 Å². The summed E-state index contributed by atoms with van der Waals surface area (Å²) in [5.74, 6) is -2.19. The zero-order valence-electron chi connectivity index (χ0n) is 9.55. The Morgan fingerprint density at radius 1 is 1.56 bits per heavy atom. The second-order valence-electron chi connectivity index (χ2n) is 3.39. The highest BCUT2D eigenvalue weighted by molar-refractivity contribution is 6.17. The molecule has 0 amide bonds. The van der Waals surface area contributed by atoms with Gasteiger partial charge < -0.3 is 4.74 Å². The second-order valence-corrected chi connectivity index (χ2v) is 3.66. The molecule has 0 spiro atoms. The lowest BCUT2D eigenvalue weighted by molar-refractivity contribution is -0.142. The van der Waals surface area contributed by atoms with Crippen molar-refractivity contribution >= 4 is 17.6 Å². The third-order valence-electron chi connectivity index (χ3n) is 2.14. The summed E-state index contributed by atoms with van der Waals surface area (Å²) in [5, 5.41) is 0. The Morgan fingerprint density at radius 2 is 2.22 bits per heavy atom. The molecule has 0 atom stereocenters. The highest BCUT2D eigenvalue weighted by Crippen LogP contribution is 2.27. The number of aromatic nitrogens is 1. The van der Waals surface area contributed by atoms with Crippen molar-refractivity contribution in [2.45, 2.75) is 25.7 Å². The number of esters is 1. The Kier molecular flexibility index (Phi) is 5.40. The second kappa shape index (κ2) is 6.58. The SMILES string of the molecule is CCOC(=O)Cc1cc(CCl)c(C(F)F)c(F)n1. The van der Waals surface area contributed by atoms with E-state index in [1.165, 1.54) is 6.07 Å². The van der Waals surface area contributed by atoms with Crippen LogP contribution in [0.5, 0.6) is 0 Å². The quantitative estimate of drug-likeness (QED) is 0.473. The molecule has 0 aliphatic heterocycles. The molecule has 1 aromatic rings. The lowest BCUT2D eigenvalue weighted by Crippen LogP contribution is -2.11. The first-order valence-electron chi connectivity index (χ1n) is 5.17. The minimum Gasteiger partial charge on any atom is -0.466 e. The van der Waals surface area contributed by atoms with Crippen LogP contribution in [0.25, 0.3) is 0 Å². The monoisotopic (exact) mass is 281 g/mol. The van der Waals surface area contributed by atoms with Gasteiger partial charge in [-0.1, -0.05) is 0 Å². The van der Waals surface area contributed by atoms with Gasteiger partial charge in [0.05, 0.1) is 24.3 Å². The molecule has 7 heteroatoms. The number of hydrogen-bond acceptors (Lipinski definition) is 3. The van der Waals surface area contributed by atoms with Crippen LogP contribution in [0, 0.1) is 5.95 Å². The molecule has 0 saturated carbocycles. The first-order valence-corrected chi connectivity index (χ1v) is 5.71. The van der Waals surface area contributed by atoms with Crippen molar-refractivity contribution in [1.82, 2.24) is 4.98 Å². The molecule has 1 heterocycles. The van der Waals surface area contributed by atoms with Crippen LogP contribution in [0.2, 0.25) is 0 Å². The molecular formula is C11H11ClF3NO2. The summed E-state index contributed by atoms with van der Waals surface area (Å²) in [6.07, 6.45) is -3.28. The number of rotatable bonds is 5. The molecule has 0 aliphatic carbocycles. The van der Waals surface area contributed by atoms with E-state index in [0.29, 0.717) is 0 Å². The van der Waals surface area contributed by atoms with Gasteiger partial charge in [-0.3, -0.25) is 4.79 Å². The number of carbonyl (C=O) groups is 1. The number of nitrogens with zero attached hydrogens (tertiary/aromatic N) is 1. The summed E-state index contributed by atoms with van der Waals surface area (Å²) >= 11 is 5.47. The van der Waals surface area contributed by atoms with Gasteiger partial charge in [-0.15, -0.1) is 11.6 Å². The standard InChI is InChI=1S/C11H11ClF3NO2/c1-2-18-8(17)4-7-3-6(5-12)9(10(13)14)11(15)16-7/h3,10H,2,4-5H2,1H3. The summed E-state index contributed by atoms with van der Waals surface area (Å²) in [5.41, 5.74) is -0.873. The molecular weight excluding hydrogens is 271 g/mol. The van der Waals surface area contributed by atoms with E-state index in [4.69, 9.17) is 11.6 Å². The highest BCUT2D eigenvalue weighted by atomic mass is 35.5. The van der Waals surface area contributed by atoms with E-state index >= 15 is 0 Å². The van der Waals surface area contributed by atoms with E-state index in [0.717, 1.165) is 0 Å². The maximum atomic E-state index is 13.4. The Hall–Kier alpha value is -1.30. The van der Waals surface area contributed by atoms with Gasteiger partial charge in [0.25, 0.3) is 6.43 Å². The van der Waals surface area contributed by atoms with Crippen LogP contribution in [-0.2, 0) is 21.8 Å². The molecule has 0 bridgehead atoms. The Morgan fingerprint density at radius 3 is 2.72 bits per heavy atom. The van der Waals surface area contributed by atoms with Crippen LogP contribution in [-0.4, -0.2) is 17.6 Å². The summed E-state index contributed by atoms with van der Waals surface area (Å²) in [7, 11) is 0. The number of alkyl halides is 3. The normalized spacial score (nSPS) is 10.8. The number of ether oxygens (including phenoxy) is 1. The lowest BCUT2D eigenvalue weighted by atomic mass is 10.1. The first-order chi connectivity index (χ1) is 8.49. The van der Waals surface area contributed by atoms with Crippen LogP contribution < -0.4 is 0 Å². The molecule has 0 aliphatic rings. The van der Waals surface area contributed by atoms with E-state index < -0.39 is 23.9 Å². The van der Waals surface area contributed by atoms with Crippen LogP contribution in [0.15, 0.2) is 6.07 Å². The van der Waals surface area contributed by atoms with Gasteiger partial charge in [-0.2, -0.15) is 4.39 Å². The van der Waals surface area contributed by atoms with Gasteiger partial charge in [0.2, 0.25) is 5.95 Å². The predicted octanol–water partition coefficient (Wildman–Crippen LogP) is 3.00. The molecule has 18 heavy (non-hydrogen) atoms. The predicted molar refractivity (Wildman–Crippen MR) is 59.0 cm³/mol. The number of carbonyl (C=O) groups excluding carboxylic acids is 1. The Bertz CT molecular complexity index is 441. The van der Waals surface area contributed by atoms with Crippen LogP contribution in [0.3, 0.4) is 0 Å². The molecule has 3 nitrogen and oxygen atoms in total. The van der Waals surface area contributed by atoms with Gasteiger partial charge in [-0.05, 0) is 18.6 Å². The molecule has 0 unspecified atom stereocenters. The number of pyridine rings is 1. The van der Waals surface area contributed by atoms with Crippen molar-refractivity contribution < 1.29 is 22.7 Å². The maximum absolute atomic E-state index is 13.4. The number of halogens is 4. The van der Waals surface area contributed by atoms with Crippen LogP contribution >= 0.6 is 11.6 Å². The first kappa shape index (κ1) is 14.8. The van der Waals surface area contributed by atoms with Gasteiger partial charge in [-0.25, -0.2) is 13.8 Å². The smallest absolute Gasteiger partial charge is 0.311 e. The van der Waals surface area contributed by atoms with E-state index in [1.807, 2.05) is 0 Å². The summed E-state index contributed by atoms with van der Waals surface area (Å²) in [6, 6.07) is 1.19. The zero-order valence-corrected chi connectivity index (χ0v) is 10.3. The fourth-order valence-corrected chi connectivity index (χ4v) is 1.64. The van der Waals surface area contributed by atoms with Crippen molar-refractivity contribution in [2.75, 3.05) is 6.61 Å². The minimum absolute atomic E-state index is 0.0194. The molecule has 1 rings (SSSR count). The number of hydrogen-bond donors (Lipinski definition) is 0. The average molecular weight is 282 g/mol. The summed E-state index contributed by atoms with van der Waals surface area (Å²) < 4.78 is 43.2. The largest absolute Gasteiger partial charge is 0.466 e. The summed E-state index contributed by atoms with van der Waals surface area (Å²) in [4.78, 5) is 14.5. The minimum atomic E-state index is -3.00. The third-order valence-corrected chi connectivity index (χ3v) is 2.43. The molecule has 0 aromatic carbocycles. The van der Waals surface area contributed by atoms with Crippen molar-refractivity contribution in [3.05, 3.63) is 28.8 Å². The van der Waals surface area contributed by atoms with Crippen LogP contribution in [0.1, 0.15) is 30.2 Å². The summed E-state index contributed by atoms with van der Waals surface area (Å²) in [6.45, 7) is 1.80. The molecule has 0 radical (unpaired) electrons. The Balaban J connectivity index is 3.03. The average Bonchev–Trinajstić information content (AvgIpc) is 2.27.